The molecule has 0 radical (unpaired) electrons. The Labute approximate surface area is 112 Å². The molecule has 6 heteroatoms. The van der Waals surface area contributed by atoms with Crippen LogP contribution in [0.3, 0.4) is 0 Å². The van der Waals surface area contributed by atoms with Crippen LogP contribution >= 0.6 is 0 Å². The number of nitrogens with zero attached hydrogens (tertiary/aromatic N) is 2. The van der Waals surface area contributed by atoms with E-state index in [0.29, 0.717) is 5.69 Å². The summed E-state index contributed by atoms with van der Waals surface area (Å²) in [4.78, 5) is 23.7. The lowest BCUT2D eigenvalue weighted by Crippen LogP contribution is -2.49. The fraction of sp³-hybridized carbons (Fsp3) is 0.462. The molecule has 1 aromatic rings. The van der Waals surface area contributed by atoms with Crippen LogP contribution in [0.4, 0.5) is 11.4 Å². The molecule has 0 heterocycles. The summed E-state index contributed by atoms with van der Waals surface area (Å²) in [6.07, 6.45) is 0. The number of carbonyl (C=O) groups excluding carboxylic acids is 1. The Kier molecular flexibility index (Phi) is 4.26. The van der Waals surface area contributed by atoms with E-state index in [1.165, 1.54) is 29.2 Å². The first-order valence-electron chi connectivity index (χ1n) is 5.92. The summed E-state index contributed by atoms with van der Waals surface area (Å²) in [5.41, 5.74) is 6.14. The van der Waals surface area contributed by atoms with Crippen molar-refractivity contribution >= 4 is 17.3 Å². The van der Waals surface area contributed by atoms with Crippen LogP contribution in [0.5, 0.6) is 0 Å². The third-order valence-electron chi connectivity index (χ3n) is 2.98. The molecule has 0 aromatic heterocycles. The topological polar surface area (TPSA) is 89.5 Å². The number of hydrogen-bond donors (Lipinski definition) is 1. The van der Waals surface area contributed by atoms with Crippen molar-refractivity contribution in [2.75, 3.05) is 11.9 Å². The first-order chi connectivity index (χ1) is 8.64. The van der Waals surface area contributed by atoms with E-state index in [4.69, 9.17) is 5.73 Å². The molecule has 0 saturated carbocycles. The summed E-state index contributed by atoms with van der Waals surface area (Å²) in [7, 11) is 1.61. The SMILES string of the molecule is CN(C(=O)C(N)C(C)(C)C)c1ccc([N+](=O)[O-])cc1. The van der Waals surface area contributed by atoms with E-state index in [-0.39, 0.29) is 17.0 Å². The molecule has 19 heavy (non-hydrogen) atoms. The van der Waals surface area contributed by atoms with Gasteiger partial charge in [0.05, 0.1) is 11.0 Å². The van der Waals surface area contributed by atoms with Gasteiger partial charge >= 0.3 is 0 Å². The zero-order chi connectivity index (χ0) is 14.8. The van der Waals surface area contributed by atoms with Crippen molar-refractivity contribution in [3.63, 3.8) is 0 Å². The van der Waals surface area contributed by atoms with Crippen LogP contribution in [0.25, 0.3) is 0 Å². The standard InChI is InChI=1S/C13H19N3O3/c1-13(2,3)11(14)12(17)15(4)9-5-7-10(8-6-9)16(18)19/h5-8,11H,14H2,1-4H3. The van der Waals surface area contributed by atoms with Crippen LogP contribution in [-0.4, -0.2) is 23.9 Å². The van der Waals surface area contributed by atoms with Crippen molar-refractivity contribution < 1.29 is 9.72 Å². The average molecular weight is 265 g/mol. The Bertz CT molecular complexity index is 477. The van der Waals surface area contributed by atoms with Gasteiger partial charge in [-0.15, -0.1) is 0 Å². The number of nitrogens with two attached hydrogens (primary N) is 1. The molecule has 1 aromatic carbocycles. The highest BCUT2D eigenvalue weighted by atomic mass is 16.6. The molecule has 1 atom stereocenters. The van der Waals surface area contributed by atoms with Crippen molar-refractivity contribution in [1.29, 1.82) is 0 Å². The van der Waals surface area contributed by atoms with E-state index in [0.717, 1.165) is 0 Å². The predicted molar refractivity (Wildman–Crippen MR) is 73.9 cm³/mol. The van der Waals surface area contributed by atoms with Gasteiger partial charge in [-0.25, -0.2) is 0 Å². The molecule has 0 aliphatic rings. The highest BCUT2D eigenvalue weighted by Crippen LogP contribution is 2.23. The number of nitro benzene ring substituents is 1. The minimum atomic E-state index is -0.632. The lowest BCUT2D eigenvalue weighted by molar-refractivity contribution is -0.384. The predicted octanol–water partition coefficient (Wildman–Crippen LogP) is 1.93. The van der Waals surface area contributed by atoms with Crippen LogP contribution < -0.4 is 10.6 Å². The summed E-state index contributed by atoms with van der Waals surface area (Å²) in [6, 6.07) is 5.16. The molecule has 2 N–H and O–H groups in total. The van der Waals surface area contributed by atoms with Gasteiger partial charge < -0.3 is 10.6 Å². The summed E-state index contributed by atoms with van der Waals surface area (Å²) in [5.74, 6) is -0.221. The van der Waals surface area contributed by atoms with Gasteiger partial charge in [0.15, 0.2) is 0 Å². The van der Waals surface area contributed by atoms with E-state index in [2.05, 4.69) is 0 Å². The van der Waals surface area contributed by atoms with Crippen LogP contribution in [0.1, 0.15) is 20.8 Å². The first kappa shape index (κ1) is 15.1. The Morgan fingerprint density at radius 3 is 2.16 bits per heavy atom. The van der Waals surface area contributed by atoms with Gasteiger partial charge in [-0.3, -0.25) is 14.9 Å². The van der Waals surface area contributed by atoms with Crippen molar-refractivity contribution in [3.8, 4) is 0 Å². The van der Waals surface area contributed by atoms with Gasteiger partial charge in [-0.2, -0.15) is 0 Å². The third-order valence-corrected chi connectivity index (χ3v) is 2.98. The number of anilines is 1. The minimum absolute atomic E-state index is 0.00952. The maximum absolute atomic E-state index is 12.2. The smallest absolute Gasteiger partial charge is 0.269 e. The lowest BCUT2D eigenvalue weighted by atomic mass is 9.86. The normalized spacial score (nSPS) is 12.9. The van der Waals surface area contributed by atoms with E-state index in [9.17, 15) is 14.9 Å². The number of hydrogen-bond acceptors (Lipinski definition) is 4. The molecule has 1 rings (SSSR count). The van der Waals surface area contributed by atoms with Gasteiger partial charge in [0.2, 0.25) is 5.91 Å². The molecule has 1 unspecified atom stereocenters. The molecule has 0 saturated heterocycles. The van der Waals surface area contributed by atoms with Crippen LogP contribution in [-0.2, 0) is 4.79 Å². The van der Waals surface area contributed by atoms with Crippen LogP contribution in [0.15, 0.2) is 24.3 Å². The number of nitro groups is 1. The molecular weight excluding hydrogens is 246 g/mol. The van der Waals surface area contributed by atoms with Crippen molar-refractivity contribution in [2.24, 2.45) is 11.1 Å². The summed E-state index contributed by atoms with van der Waals surface area (Å²) >= 11 is 0. The van der Waals surface area contributed by atoms with Crippen LogP contribution in [0.2, 0.25) is 0 Å². The average Bonchev–Trinajstić information content (AvgIpc) is 2.35. The Balaban J connectivity index is 2.91. The number of benzene rings is 1. The monoisotopic (exact) mass is 265 g/mol. The lowest BCUT2D eigenvalue weighted by Gasteiger charge is -2.30. The Hall–Kier alpha value is -1.95. The molecule has 0 spiro atoms. The minimum Gasteiger partial charge on any atom is -0.319 e. The van der Waals surface area contributed by atoms with Crippen molar-refractivity contribution in [2.45, 2.75) is 26.8 Å². The Morgan fingerprint density at radius 1 is 1.32 bits per heavy atom. The number of rotatable bonds is 3. The highest BCUT2D eigenvalue weighted by molar-refractivity contribution is 5.97. The summed E-state index contributed by atoms with van der Waals surface area (Å²) < 4.78 is 0. The van der Waals surface area contributed by atoms with Crippen molar-refractivity contribution in [3.05, 3.63) is 34.4 Å². The van der Waals surface area contributed by atoms with E-state index < -0.39 is 11.0 Å². The third kappa shape index (κ3) is 3.51. The maximum atomic E-state index is 12.2. The van der Waals surface area contributed by atoms with E-state index >= 15 is 0 Å². The Morgan fingerprint density at radius 2 is 1.79 bits per heavy atom. The quantitative estimate of drug-likeness (QED) is 0.668. The largest absolute Gasteiger partial charge is 0.319 e. The summed E-state index contributed by atoms with van der Waals surface area (Å²) in [6.45, 7) is 5.66. The fourth-order valence-corrected chi connectivity index (χ4v) is 1.50. The molecule has 0 fully saturated rings. The molecule has 6 nitrogen and oxygen atoms in total. The van der Waals surface area contributed by atoms with Gasteiger partial charge in [-0.1, -0.05) is 20.8 Å². The summed E-state index contributed by atoms with van der Waals surface area (Å²) in [5, 5.41) is 10.6. The molecule has 104 valence electrons. The fourth-order valence-electron chi connectivity index (χ4n) is 1.50. The number of carbonyl (C=O) groups is 1. The van der Waals surface area contributed by atoms with E-state index in [1.807, 2.05) is 20.8 Å². The van der Waals surface area contributed by atoms with Crippen LogP contribution in [0, 0.1) is 15.5 Å². The number of amides is 1. The van der Waals surface area contributed by atoms with Gasteiger partial charge in [0.1, 0.15) is 0 Å². The van der Waals surface area contributed by atoms with Gasteiger partial charge in [-0.05, 0) is 17.5 Å². The second kappa shape index (κ2) is 5.36. The second-order valence-electron chi connectivity index (χ2n) is 5.51. The van der Waals surface area contributed by atoms with Gasteiger partial charge in [0.25, 0.3) is 5.69 Å². The zero-order valence-electron chi connectivity index (χ0n) is 11.6. The van der Waals surface area contributed by atoms with E-state index in [1.54, 1.807) is 7.05 Å². The van der Waals surface area contributed by atoms with Crippen molar-refractivity contribution in [1.82, 2.24) is 0 Å². The molecule has 0 aliphatic carbocycles. The molecule has 1 amide bonds. The molecule has 0 bridgehead atoms. The van der Waals surface area contributed by atoms with Gasteiger partial charge in [0, 0.05) is 24.9 Å². The highest BCUT2D eigenvalue weighted by Gasteiger charge is 2.30. The molecule has 0 aliphatic heterocycles. The first-order valence-corrected chi connectivity index (χ1v) is 5.92. The number of non-ortho nitro benzene ring substituents is 1. The molecular formula is C13H19N3O3. The second-order valence-corrected chi connectivity index (χ2v) is 5.51. The zero-order valence-corrected chi connectivity index (χ0v) is 11.6. The maximum Gasteiger partial charge on any atom is 0.269 e. The number of likely N-dealkylation sites (N-methyl/N-ethyl adjacent to an activating group) is 1.